The van der Waals surface area contributed by atoms with Crippen molar-refractivity contribution in [1.82, 2.24) is 10.3 Å². The van der Waals surface area contributed by atoms with Crippen molar-refractivity contribution in [2.75, 3.05) is 20.3 Å². The largest absolute Gasteiger partial charge is 0.439 e. The van der Waals surface area contributed by atoms with Crippen LogP contribution < -0.4 is 5.32 Å². The zero-order valence-corrected chi connectivity index (χ0v) is 12.8. The van der Waals surface area contributed by atoms with E-state index in [1.807, 2.05) is 18.2 Å². The van der Waals surface area contributed by atoms with Crippen LogP contribution in [0.15, 0.2) is 33.3 Å². The van der Waals surface area contributed by atoms with E-state index in [1.165, 1.54) is 0 Å². The minimum Gasteiger partial charge on any atom is -0.439 e. The first kappa shape index (κ1) is 14.5. The van der Waals surface area contributed by atoms with Crippen LogP contribution in [0.25, 0.3) is 11.3 Å². The van der Waals surface area contributed by atoms with Crippen molar-refractivity contribution in [3.63, 3.8) is 0 Å². The normalized spacial score (nSPS) is 10.9. The monoisotopic (exact) mass is 344 g/mol. The molecule has 0 aliphatic rings. The van der Waals surface area contributed by atoms with Gasteiger partial charge in [0.1, 0.15) is 0 Å². The molecule has 4 nitrogen and oxygen atoms in total. The molecule has 0 saturated carbocycles. The number of aromatic nitrogens is 1. The van der Waals surface area contributed by atoms with Gasteiger partial charge in [0.15, 0.2) is 5.76 Å². The minimum absolute atomic E-state index is 0.564. The summed E-state index contributed by atoms with van der Waals surface area (Å²) >= 11 is 9.60. The number of oxazole rings is 1. The lowest BCUT2D eigenvalue weighted by Crippen LogP contribution is -2.18. The fourth-order valence-corrected chi connectivity index (χ4v) is 2.17. The summed E-state index contributed by atoms with van der Waals surface area (Å²) in [6, 6.07) is 5.69. The Morgan fingerprint density at radius 2 is 2.32 bits per heavy atom. The number of rotatable bonds is 6. The summed E-state index contributed by atoms with van der Waals surface area (Å²) in [5, 5.41) is 3.79. The number of methoxy groups -OCH3 is 1. The van der Waals surface area contributed by atoms with Crippen LogP contribution in [0, 0.1) is 0 Å². The summed E-state index contributed by atoms with van der Waals surface area (Å²) in [6.07, 6.45) is 1.68. The van der Waals surface area contributed by atoms with E-state index in [1.54, 1.807) is 13.3 Å². The topological polar surface area (TPSA) is 47.3 Å². The second-order valence-corrected chi connectivity index (χ2v) is 5.12. The minimum atomic E-state index is 0.564. The Kier molecular flexibility index (Phi) is 5.39. The highest BCUT2D eigenvalue weighted by molar-refractivity contribution is 9.10. The van der Waals surface area contributed by atoms with E-state index in [0.29, 0.717) is 29.8 Å². The highest BCUT2D eigenvalue weighted by atomic mass is 79.9. The van der Waals surface area contributed by atoms with E-state index < -0.39 is 0 Å². The van der Waals surface area contributed by atoms with Crippen LogP contribution in [0.2, 0.25) is 5.02 Å². The van der Waals surface area contributed by atoms with Gasteiger partial charge in [-0.2, -0.15) is 0 Å². The van der Waals surface area contributed by atoms with Crippen LogP contribution in [0.1, 0.15) is 5.89 Å². The van der Waals surface area contributed by atoms with Gasteiger partial charge in [0, 0.05) is 23.7 Å². The first-order valence-electron chi connectivity index (χ1n) is 5.81. The summed E-state index contributed by atoms with van der Waals surface area (Å²) in [6.45, 7) is 1.98. The number of nitrogens with one attached hydrogen (secondary N) is 1. The molecule has 0 aliphatic carbocycles. The standard InChI is InChI=1S/C13H14BrClN2O2/c1-18-6-5-16-8-12-17-7-11(19-12)9-3-2-4-10(14)13(9)15/h2-4,7,16H,5-6,8H2,1H3. The molecule has 0 radical (unpaired) electrons. The zero-order chi connectivity index (χ0) is 13.7. The number of benzene rings is 1. The maximum atomic E-state index is 6.22. The Hall–Kier alpha value is -0.880. The van der Waals surface area contributed by atoms with Crippen molar-refractivity contribution in [2.45, 2.75) is 6.54 Å². The lowest BCUT2D eigenvalue weighted by atomic mass is 10.2. The molecule has 2 aromatic rings. The molecule has 1 N–H and O–H groups in total. The van der Waals surface area contributed by atoms with E-state index in [4.69, 9.17) is 20.8 Å². The Morgan fingerprint density at radius 3 is 3.11 bits per heavy atom. The third-order valence-electron chi connectivity index (χ3n) is 2.53. The molecule has 102 valence electrons. The number of hydrogen-bond donors (Lipinski definition) is 1. The van der Waals surface area contributed by atoms with Gasteiger partial charge < -0.3 is 14.5 Å². The molecular formula is C13H14BrClN2O2. The molecule has 6 heteroatoms. The first-order valence-corrected chi connectivity index (χ1v) is 6.98. The van der Waals surface area contributed by atoms with Crippen LogP contribution in [0.5, 0.6) is 0 Å². The number of hydrogen-bond acceptors (Lipinski definition) is 4. The molecule has 1 aromatic heterocycles. The van der Waals surface area contributed by atoms with Gasteiger partial charge >= 0.3 is 0 Å². The average molecular weight is 346 g/mol. The van der Waals surface area contributed by atoms with Gasteiger partial charge in [-0.25, -0.2) is 4.98 Å². The van der Waals surface area contributed by atoms with Gasteiger partial charge in [-0.1, -0.05) is 17.7 Å². The molecule has 19 heavy (non-hydrogen) atoms. The molecule has 0 atom stereocenters. The fraction of sp³-hybridized carbons (Fsp3) is 0.308. The van der Waals surface area contributed by atoms with Crippen molar-refractivity contribution in [1.29, 1.82) is 0 Å². The van der Waals surface area contributed by atoms with Crippen LogP contribution in [0.4, 0.5) is 0 Å². The van der Waals surface area contributed by atoms with Crippen LogP contribution in [0.3, 0.4) is 0 Å². The van der Waals surface area contributed by atoms with Crippen LogP contribution in [-0.2, 0) is 11.3 Å². The van der Waals surface area contributed by atoms with E-state index in [0.717, 1.165) is 16.6 Å². The van der Waals surface area contributed by atoms with Crippen molar-refractivity contribution in [3.8, 4) is 11.3 Å². The van der Waals surface area contributed by atoms with Gasteiger partial charge in [0.2, 0.25) is 5.89 Å². The first-order chi connectivity index (χ1) is 9.22. The second kappa shape index (κ2) is 7.05. The number of nitrogens with zero attached hydrogens (tertiary/aromatic N) is 1. The molecule has 0 amide bonds. The Balaban J connectivity index is 2.06. The molecule has 0 unspecified atom stereocenters. The molecule has 0 saturated heterocycles. The molecule has 2 rings (SSSR count). The number of ether oxygens (including phenoxy) is 1. The van der Waals surface area contributed by atoms with Gasteiger partial charge in [-0.05, 0) is 28.1 Å². The quantitative estimate of drug-likeness (QED) is 0.814. The highest BCUT2D eigenvalue weighted by Gasteiger charge is 2.11. The molecule has 0 fully saturated rings. The summed E-state index contributed by atoms with van der Waals surface area (Å²) < 4.78 is 11.4. The second-order valence-electron chi connectivity index (χ2n) is 3.89. The lowest BCUT2D eigenvalue weighted by Gasteiger charge is -2.02. The molecular weight excluding hydrogens is 332 g/mol. The summed E-state index contributed by atoms with van der Waals surface area (Å²) in [7, 11) is 1.67. The Bertz CT molecular complexity index is 545. The average Bonchev–Trinajstić information content (AvgIpc) is 2.87. The predicted octanol–water partition coefficient (Wildman–Crippen LogP) is 3.49. The molecule has 0 spiro atoms. The summed E-state index contributed by atoms with van der Waals surface area (Å²) in [5.41, 5.74) is 0.826. The third kappa shape index (κ3) is 3.79. The van der Waals surface area contributed by atoms with Gasteiger partial charge in [0.25, 0.3) is 0 Å². The van der Waals surface area contributed by atoms with Gasteiger partial charge in [-0.15, -0.1) is 0 Å². The van der Waals surface area contributed by atoms with E-state index in [-0.39, 0.29) is 0 Å². The SMILES string of the molecule is COCCNCc1ncc(-c2cccc(Br)c2Cl)o1. The molecule has 0 bridgehead atoms. The smallest absolute Gasteiger partial charge is 0.208 e. The maximum Gasteiger partial charge on any atom is 0.208 e. The van der Waals surface area contributed by atoms with Gasteiger partial charge in [-0.3, -0.25) is 0 Å². The predicted molar refractivity (Wildman–Crippen MR) is 78.2 cm³/mol. The van der Waals surface area contributed by atoms with E-state index in [9.17, 15) is 0 Å². The Labute approximate surface area is 125 Å². The molecule has 0 aliphatic heterocycles. The third-order valence-corrected chi connectivity index (χ3v) is 3.83. The summed E-state index contributed by atoms with van der Waals surface area (Å²) in [5.74, 6) is 1.29. The van der Waals surface area contributed by atoms with Crippen molar-refractivity contribution in [2.24, 2.45) is 0 Å². The van der Waals surface area contributed by atoms with Crippen LogP contribution in [-0.4, -0.2) is 25.2 Å². The fourth-order valence-electron chi connectivity index (χ4n) is 1.58. The van der Waals surface area contributed by atoms with Crippen molar-refractivity contribution >= 4 is 27.5 Å². The highest BCUT2D eigenvalue weighted by Crippen LogP contribution is 2.33. The van der Waals surface area contributed by atoms with Gasteiger partial charge in [0.05, 0.1) is 24.4 Å². The lowest BCUT2D eigenvalue weighted by molar-refractivity contribution is 0.198. The van der Waals surface area contributed by atoms with E-state index >= 15 is 0 Å². The van der Waals surface area contributed by atoms with E-state index in [2.05, 4.69) is 26.2 Å². The maximum absolute atomic E-state index is 6.22. The zero-order valence-electron chi connectivity index (χ0n) is 10.5. The molecule has 1 aromatic carbocycles. The summed E-state index contributed by atoms with van der Waals surface area (Å²) in [4.78, 5) is 4.22. The van der Waals surface area contributed by atoms with Crippen LogP contribution >= 0.6 is 27.5 Å². The molecule has 1 heterocycles. The van der Waals surface area contributed by atoms with Crippen molar-refractivity contribution in [3.05, 3.63) is 39.8 Å². The van der Waals surface area contributed by atoms with Crippen molar-refractivity contribution < 1.29 is 9.15 Å². The number of halogens is 2. The Morgan fingerprint density at radius 1 is 1.47 bits per heavy atom.